The molecule has 1 unspecified atom stereocenters. The second kappa shape index (κ2) is 9.17. The Morgan fingerprint density at radius 1 is 0.969 bits per heavy atom. The van der Waals surface area contributed by atoms with Gasteiger partial charge in [-0.25, -0.2) is 0 Å². The lowest BCUT2D eigenvalue weighted by Gasteiger charge is -2.32. The number of benzene rings is 3. The number of nitrogens with one attached hydrogen (secondary N) is 1. The molecular formula is C28H32N2O2. The van der Waals surface area contributed by atoms with E-state index in [1.165, 1.54) is 22.3 Å². The van der Waals surface area contributed by atoms with E-state index in [-0.39, 0.29) is 11.4 Å². The molecule has 0 bridgehead atoms. The molecule has 4 nitrogen and oxygen atoms in total. The number of para-hydroxylation sites is 1. The fourth-order valence-electron chi connectivity index (χ4n) is 4.37. The van der Waals surface area contributed by atoms with Crippen LogP contribution in [0.3, 0.4) is 0 Å². The molecule has 1 aliphatic heterocycles. The third-order valence-corrected chi connectivity index (χ3v) is 5.79. The number of ether oxygens (including phenoxy) is 1. The second-order valence-corrected chi connectivity index (χ2v) is 9.47. The Kier molecular flexibility index (Phi) is 6.33. The highest BCUT2D eigenvalue weighted by Crippen LogP contribution is 2.35. The maximum Gasteiger partial charge on any atom is 0.242 e. The quantitative estimate of drug-likeness (QED) is 0.596. The Balaban J connectivity index is 1.74. The van der Waals surface area contributed by atoms with E-state index >= 15 is 0 Å². The summed E-state index contributed by atoms with van der Waals surface area (Å²) in [6.07, 6.45) is 0. The molecule has 0 fully saturated rings. The number of nitrogens with zero attached hydrogens (tertiary/aromatic N) is 1. The average Bonchev–Trinajstić information content (AvgIpc) is 2.92. The molecule has 0 saturated heterocycles. The molecule has 0 radical (unpaired) electrons. The van der Waals surface area contributed by atoms with Gasteiger partial charge in [-0.2, -0.15) is 0 Å². The third kappa shape index (κ3) is 4.86. The van der Waals surface area contributed by atoms with Crippen molar-refractivity contribution in [2.45, 2.75) is 45.8 Å². The first kappa shape index (κ1) is 22.1. The fraction of sp³-hybridized carbons (Fsp3) is 0.321. The summed E-state index contributed by atoms with van der Waals surface area (Å²) in [5, 5.41) is 3.19. The van der Waals surface area contributed by atoms with Crippen molar-refractivity contribution in [3.05, 3.63) is 89.5 Å². The van der Waals surface area contributed by atoms with Crippen molar-refractivity contribution < 1.29 is 9.53 Å². The van der Waals surface area contributed by atoms with Gasteiger partial charge in [0, 0.05) is 24.2 Å². The predicted octanol–water partition coefficient (Wildman–Crippen LogP) is 5.51. The molecule has 4 heteroatoms. The van der Waals surface area contributed by atoms with Crippen molar-refractivity contribution in [1.82, 2.24) is 10.2 Å². The Morgan fingerprint density at radius 2 is 1.62 bits per heavy atom. The molecule has 0 aliphatic carbocycles. The summed E-state index contributed by atoms with van der Waals surface area (Å²) >= 11 is 0. The lowest BCUT2D eigenvalue weighted by Crippen LogP contribution is -2.47. The van der Waals surface area contributed by atoms with Crippen molar-refractivity contribution in [3.8, 4) is 16.9 Å². The van der Waals surface area contributed by atoms with E-state index in [1.807, 2.05) is 45.0 Å². The second-order valence-electron chi connectivity index (χ2n) is 9.47. The summed E-state index contributed by atoms with van der Waals surface area (Å²) in [7, 11) is 0. The lowest BCUT2D eigenvalue weighted by molar-refractivity contribution is -0.128. The number of aryl methyl sites for hydroxylation is 1. The highest BCUT2D eigenvalue weighted by molar-refractivity contribution is 5.84. The van der Waals surface area contributed by atoms with E-state index in [0.29, 0.717) is 19.7 Å². The smallest absolute Gasteiger partial charge is 0.242 e. The largest absolute Gasteiger partial charge is 0.492 e. The molecule has 1 atom stereocenters. The minimum atomic E-state index is -0.419. The Labute approximate surface area is 191 Å². The van der Waals surface area contributed by atoms with Gasteiger partial charge in [-0.15, -0.1) is 0 Å². The van der Waals surface area contributed by atoms with Crippen LogP contribution in [0.25, 0.3) is 11.1 Å². The summed E-state index contributed by atoms with van der Waals surface area (Å²) in [6, 6.07) is 24.4. The summed E-state index contributed by atoms with van der Waals surface area (Å²) in [5.41, 5.74) is 5.48. The third-order valence-electron chi connectivity index (χ3n) is 5.79. The highest BCUT2D eigenvalue weighted by Gasteiger charge is 2.34. The van der Waals surface area contributed by atoms with E-state index in [2.05, 4.69) is 65.7 Å². The SMILES string of the molecule is Cc1ccccc1-c1ccccc1CN1CCOc2ccccc2C1C(=O)NC(C)(C)C. The van der Waals surface area contributed by atoms with E-state index in [0.717, 1.165) is 11.3 Å². The van der Waals surface area contributed by atoms with Gasteiger partial charge in [-0.05, 0) is 56.0 Å². The number of carbonyl (C=O) groups excluding carboxylic acids is 1. The summed E-state index contributed by atoms with van der Waals surface area (Å²) in [5.74, 6) is 0.792. The molecule has 3 aromatic carbocycles. The molecule has 166 valence electrons. The van der Waals surface area contributed by atoms with E-state index in [9.17, 15) is 4.79 Å². The molecule has 0 spiro atoms. The zero-order chi connectivity index (χ0) is 22.7. The summed E-state index contributed by atoms with van der Waals surface area (Å²) in [6.45, 7) is 10.1. The Hall–Kier alpha value is -3.11. The number of carbonyl (C=O) groups is 1. The van der Waals surface area contributed by atoms with Gasteiger partial charge in [0.1, 0.15) is 18.4 Å². The molecular weight excluding hydrogens is 396 g/mol. The van der Waals surface area contributed by atoms with Crippen LogP contribution in [-0.2, 0) is 11.3 Å². The topological polar surface area (TPSA) is 41.6 Å². The Morgan fingerprint density at radius 3 is 2.38 bits per heavy atom. The normalized spacial score (nSPS) is 16.6. The highest BCUT2D eigenvalue weighted by atomic mass is 16.5. The van der Waals surface area contributed by atoms with Gasteiger partial charge in [0.15, 0.2) is 0 Å². The van der Waals surface area contributed by atoms with Crippen molar-refractivity contribution in [3.63, 3.8) is 0 Å². The van der Waals surface area contributed by atoms with Crippen molar-refractivity contribution in [2.24, 2.45) is 0 Å². The van der Waals surface area contributed by atoms with Gasteiger partial charge in [-0.1, -0.05) is 66.7 Å². The molecule has 4 rings (SSSR count). The number of amides is 1. The first-order valence-corrected chi connectivity index (χ1v) is 11.3. The summed E-state index contributed by atoms with van der Waals surface area (Å²) < 4.78 is 6.04. The van der Waals surface area contributed by atoms with Crippen LogP contribution in [0.15, 0.2) is 72.8 Å². The Bertz CT molecular complexity index is 1100. The molecule has 1 amide bonds. The van der Waals surface area contributed by atoms with Crippen LogP contribution in [0.5, 0.6) is 5.75 Å². The number of rotatable bonds is 4. The molecule has 0 saturated carbocycles. The molecule has 1 N–H and O–H groups in total. The predicted molar refractivity (Wildman–Crippen MR) is 130 cm³/mol. The maximum absolute atomic E-state index is 13.5. The number of hydrogen-bond donors (Lipinski definition) is 1. The van der Waals surface area contributed by atoms with Crippen LogP contribution < -0.4 is 10.1 Å². The van der Waals surface area contributed by atoms with Crippen molar-refractivity contribution in [1.29, 1.82) is 0 Å². The van der Waals surface area contributed by atoms with E-state index in [1.54, 1.807) is 0 Å². The van der Waals surface area contributed by atoms with E-state index < -0.39 is 6.04 Å². The van der Waals surface area contributed by atoms with Crippen molar-refractivity contribution in [2.75, 3.05) is 13.2 Å². The molecule has 1 heterocycles. The zero-order valence-corrected chi connectivity index (χ0v) is 19.4. The van der Waals surface area contributed by atoms with Crippen LogP contribution in [0.1, 0.15) is 43.5 Å². The first-order chi connectivity index (χ1) is 15.3. The van der Waals surface area contributed by atoms with Crippen molar-refractivity contribution >= 4 is 5.91 Å². The zero-order valence-electron chi connectivity index (χ0n) is 19.4. The van der Waals surface area contributed by atoms with Gasteiger partial charge >= 0.3 is 0 Å². The maximum atomic E-state index is 13.5. The lowest BCUT2D eigenvalue weighted by atomic mass is 9.94. The van der Waals surface area contributed by atoms with Gasteiger partial charge in [0.25, 0.3) is 0 Å². The minimum absolute atomic E-state index is 0.00354. The molecule has 1 aliphatic rings. The van der Waals surface area contributed by atoms with Gasteiger partial charge in [-0.3, -0.25) is 9.69 Å². The minimum Gasteiger partial charge on any atom is -0.492 e. The molecule has 3 aromatic rings. The van der Waals surface area contributed by atoms with Crippen LogP contribution in [0, 0.1) is 6.92 Å². The molecule has 0 aromatic heterocycles. The average molecular weight is 429 g/mol. The van der Waals surface area contributed by atoms with Gasteiger partial charge < -0.3 is 10.1 Å². The number of fused-ring (bicyclic) bond motifs is 1. The van der Waals surface area contributed by atoms with Crippen LogP contribution in [0.4, 0.5) is 0 Å². The van der Waals surface area contributed by atoms with Crippen LogP contribution >= 0.6 is 0 Å². The van der Waals surface area contributed by atoms with Gasteiger partial charge in [0.2, 0.25) is 5.91 Å². The van der Waals surface area contributed by atoms with Gasteiger partial charge in [0.05, 0.1) is 0 Å². The molecule has 32 heavy (non-hydrogen) atoms. The first-order valence-electron chi connectivity index (χ1n) is 11.3. The van der Waals surface area contributed by atoms with E-state index in [4.69, 9.17) is 4.74 Å². The van der Waals surface area contributed by atoms with Crippen LogP contribution in [-0.4, -0.2) is 29.5 Å². The summed E-state index contributed by atoms with van der Waals surface area (Å²) in [4.78, 5) is 15.8. The fourth-order valence-corrected chi connectivity index (χ4v) is 4.37. The van der Waals surface area contributed by atoms with Crippen LogP contribution in [0.2, 0.25) is 0 Å². The standard InChI is InChI=1S/C28H32N2O2/c1-20-11-5-7-13-22(20)23-14-8-6-12-21(23)19-30-17-18-32-25-16-10-9-15-24(25)26(30)27(31)29-28(2,3)4/h5-16,26H,17-19H2,1-4H3,(H,29,31). The monoisotopic (exact) mass is 428 g/mol. The number of hydrogen-bond acceptors (Lipinski definition) is 3.